The summed E-state index contributed by atoms with van der Waals surface area (Å²) >= 11 is 0. The van der Waals surface area contributed by atoms with E-state index in [1.54, 1.807) is 22.9 Å². The average Bonchev–Trinajstić information content (AvgIpc) is 2.74. The molecule has 0 N–H and O–H groups in total. The van der Waals surface area contributed by atoms with Crippen molar-refractivity contribution in [1.82, 2.24) is 0 Å². The molecule has 6 heteroatoms. The smallest absolute Gasteiger partial charge is 0.404 e. The number of hydrogen-bond donors (Lipinski definition) is 0. The minimum Gasteiger partial charge on any atom is -0.457 e. The van der Waals surface area contributed by atoms with Crippen LogP contribution in [0, 0.1) is 11.6 Å². The first-order valence-corrected chi connectivity index (χ1v) is 9.90. The molecule has 0 spiro atoms. The van der Waals surface area contributed by atoms with Crippen LogP contribution in [-0.4, -0.2) is 12.6 Å². The van der Waals surface area contributed by atoms with Crippen molar-refractivity contribution in [2.75, 3.05) is 6.61 Å². The molecule has 5 rings (SSSR count). The van der Waals surface area contributed by atoms with Gasteiger partial charge in [0, 0.05) is 43.2 Å². The van der Waals surface area contributed by atoms with Crippen molar-refractivity contribution in [3.63, 3.8) is 0 Å². The molecule has 4 nitrogen and oxygen atoms in total. The first-order valence-electron chi connectivity index (χ1n) is 9.90. The van der Waals surface area contributed by atoms with Gasteiger partial charge in [-0.25, -0.2) is 13.6 Å². The summed E-state index contributed by atoms with van der Waals surface area (Å²) in [5.41, 5.74) is 2.77. The Hall–Kier alpha value is -3.41. The van der Waals surface area contributed by atoms with Gasteiger partial charge in [-0.2, -0.15) is 9.13 Å². The molecule has 1 aromatic carbocycles. The molecule has 0 radical (unpaired) electrons. The van der Waals surface area contributed by atoms with Crippen LogP contribution in [0.15, 0.2) is 67.5 Å². The van der Waals surface area contributed by atoms with E-state index in [-0.39, 0.29) is 18.6 Å². The monoisotopic (exact) mass is 406 g/mol. The summed E-state index contributed by atoms with van der Waals surface area (Å²) in [5.74, 6) is -1.82. The topological polar surface area (TPSA) is 34.1 Å². The van der Waals surface area contributed by atoms with Crippen molar-refractivity contribution < 1.29 is 27.4 Å². The number of allylic oxidation sites excluding steroid dienone is 1. The van der Waals surface area contributed by atoms with Gasteiger partial charge in [0.2, 0.25) is 5.69 Å². The van der Waals surface area contributed by atoms with Crippen LogP contribution in [-0.2, 0) is 4.74 Å². The number of fused-ring (bicyclic) bond motifs is 7. The Morgan fingerprint density at radius 3 is 2.63 bits per heavy atom. The van der Waals surface area contributed by atoms with E-state index >= 15 is 0 Å². The van der Waals surface area contributed by atoms with Crippen LogP contribution >= 0.6 is 0 Å². The van der Waals surface area contributed by atoms with Crippen LogP contribution in [0.25, 0.3) is 17.0 Å². The minimum atomic E-state index is -0.600. The second-order valence-corrected chi connectivity index (χ2v) is 7.67. The lowest BCUT2D eigenvalue weighted by molar-refractivity contribution is -0.719. The van der Waals surface area contributed by atoms with Crippen LogP contribution in [0.1, 0.15) is 40.9 Å². The molecular weight excluding hydrogens is 386 g/mol. The van der Waals surface area contributed by atoms with Gasteiger partial charge in [-0.3, -0.25) is 0 Å². The van der Waals surface area contributed by atoms with Gasteiger partial charge in [-0.05, 0) is 30.3 Å². The molecule has 0 bridgehead atoms. The fourth-order valence-electron chi connectivity index (χ4n) is 4.68. The van der Waals surface area contributed by atoms with E-state index in [1.807, 2.05) is 35.0 Å². The van der Waals surface area contributed by atoms with E-state index in [1.165, 1.54) is 6.07 Å². The number of esters is 1. The second-order valence-electron chi connectivity index (χ2n) is 7.67. The van der Waals surface area contributed by atoms with Crippen LogP contribution < -0.4 is 9.13 Å². The summed E-state index contributed by atoms with van der Waals surface area (Å²) in [4.78, 5) is 12.6. The Morgan fingerprint density at radius 2 is 1.80 bits per heavy atom. The number of ether oxygens (including phenoxy) is 1. The molecule has 2 atom stereocenters. The zero-order chi connectivity index (χ0) is 20.8. The molecule has 150 valence electrons. The summed E-state index contributed by atoms with van der Waals surface area (Å²) in [6, 6.07) is 13.0. The minimum absolute atomic E-state index is 0.134. The normalized spacial score (nSPS) is 20.3. The number of aromatic nitrogens is 2. The molecular formula is C24H20F2N2O2+2. The number of nitrogens with zero attached hydrogens (tertiary/aromatic N) is 2. The van der Waals surface area contributed by atoms with E-state index in [0.717, 1.165) is 6.07 Å². The number of benzene rings is 1. The molecule has 3 aromatic rings. The summed E-state index contributed by atoms with van der Waals surface area (Å²) in [6.45, 7) is 4.39. The summed E-state index contributed by atoms with van der Waals surface area (Å²) in [6.07, 6.45) is 4.62. The third-order valence-corrected chi connectivity index (χ3v) is 5.96. The predicted octanol–water partition coefficient (Wildman–Crippen LogP) is 3.97. The lowest BCUT2D eigenvalue weighted by Gasteiger charge is -2.30. The van der Waals surface area contributed by atoms with Crippen molar-refractivity contribution in [3.8, 4) is 11.3 Å². The highest BCUT2D eigenvalue weighted by Crippen LogP contribution is 2.44. The maximum atomic E-state index is 14.9. The molecule has 2 aromatic heterocycles. The molecule has 0 amide bonds. The highest BCUT2D eigenvalue weighted by Gasteiger charge is 2.43. The standard InChI is InChI=1S/C24H20F2N2O2/c1-15-12-17-18-13-16(25)14-19(26)23(18)21-6-2-5-10-28(21)20(17)8-11-30-24(29)22-7-3-4-9-27(15)22/h2-7,9-10,13-14,17,20H,1,8,11-12H2/q+2. The Morgan fingerprint density at radius 1 is 1.03 bits per heavy atom. The second kappa shape index (κ2) is 7.13. The fourth-order valence-corrected chi connectivity index (χ4v) is 4.68. The van der Waals surface area contributed by atoms with Gasteiger partial charge in [0.1, 0.15) is 11.6 Å². The van der Waals surface area contributed by atoms with Gasteiger partial charge < -0.3 is 4.74 Å². The number of carbonyl (C=O) groups is 1. The molecule has 30 heavy (non-hydrogen) atoms. The van der Waals surface area contributed by atoms with E-state index in [9.17, 15) is 13.6 Å². The Kier molecular flexibility index (Phi) is 4.42. The maximum absolute atomic E-state index is 14.9. The Labute approximate surface area is 172 Å². The van der Waals surface area contributed by atoms with Crippen molar-refractivity contribution in [1.29, 1.82) is 0 Å². The highest BCUT2D eigenvalue weighted by atomic mass is 19.1. The van der Waals surface area contributed by atoms with Crippen molar-refractivity contribution in [2.24, 2.45) is 0 Å². The molecule has 2 aliphatic rings. The third kappa shape index (κ3) is 2.91. The number of pyridine rings is 2. The van der Waals surface area contributed by atoms with Gasteiger partial charge in [0.25, 0.3) is 5.69 Å². The number of hydrogen-bond acceptors (Lipinski definition) is 2. The summed E-state index contributed by atoms with van der Waals surface area (Å²) in [5, 5.41) is 0. The largest absolute Gasteiger partial charge is 0.457 e. The van der Waals surface area contributed by atoms with E-state index in [4.69, 9.17) is 4.74 Å². The maximum Gasteiger partial charge on any atom is 0.404 e. The zero-order valence-electron chi connectivity index (χ0n) is 16.2. The van der Waals surface area contributed by atoms with Crippen molar-refractivity contribution in [2.45, 2.75) is 24.8 Å². The molecule has 4 heterocycles. The number of cyclic esters (lactones) is 1. The van der Waals surface area contributed by atoms with Crippen LogP contribution in [0.3, 0.4) is 0 Å². The van der Waals surface area contributed by atoms with E-state index in [2.05, 4.69) is 6.58 Å². The molecule has 2 unspecified atom stereocenters. The molecule has 0 aliphatic carbocycles. The van der Waals surface area contributed by atoms with Crippen LogP contribution in [0.5, 0.6) is 0 Å². The number of carbonyl (C=O) groups excluding carboxylic acids is 1. The van der Waals surface area contributed by atoms with Gasteiger partial charge in [-0.15, -0.1) is 0 Å². The molecule has 2 aliphatic heterocycles. The summed E-state index contributed by atoms with van der Waals surface area (Å²) < 4.78 is 38.4. The van der Waals surface area contributed by atoms with Gasteiger partial charge >= 0.3 is 5.97 Å². The number of rotatable bonds is 0. The Bertz CT molecular complexity index is 1190. The van der Waals surface area contributed by atoms with Gasteiger partial charge in [0.15, 0.2) is 24.1 Å². The lowest BCUT2D eigenvalue weighted by atomic mass is 9.79. The zero-order valence-corrected chi connectivity index (χ0v) is 16.2. The molecule has 0 saturated heterocycles. The first-order chi connectivity index (χ1) is 14.5. The number of halogens is 2. The van der Waals surface area contributed by atoms with Crippen molar-refractivity contribution >= 4 is 11.7 Å². The summed E-state index contributed by atoms with van der Waals surface area (Å²) in [7, 11) is 0. The van der Waals surface area contributed by atoms with Crippen LogP contribution in [0.2, 0.25) is 0 Å². The van der Waals surface area contributed by atoms with Crippen molar-refractivity contribution in [3.05, 3.63) is 90.4 Å². The first kappa shape index (κ1) is 18.6. The Balaban J connectivity index is 1.71. The molecule has 0 fully saturated rings. The van der Waals surface area contributed by atoms with Gasteiger partial charge in [0.05, 0.1) is 18.1 Å². The van der Waals surface area contributed by atoms with Crippen LogP contribution in [0.4, 0.5) is 8.78 Å². The van der Waals surface area contributed by atoms with E-state index in [0.29, 0.717) is 41.1 Å². The predicted molar refractivity (Wildman–Crippen MR) is 105 cm³/mol. The average molecular weight is 406 g/mol. The SMILES string of the molecule is C=C1CC2c3cc(F)cc(F)c3-c3cccc[n+]3C2CCOC(=O)c2cccc[n+]21. The quantitative estimate of drug-likeness (QED) is 0.418. The molecule has 0 saturated carbocycles. The highest BCUT2D eigenvalue weighted by molar-refractivity contribution is 5.86. The van der Waals surface area contributed by atoms with Gasteiger partial charge in [-0.1, -0.05) is 0 Å². The third-order valence-electron chi connectivity index (χ3n) is 5.96. The lowest BCUT2D eigenvalue weighted by Crippen LogP contribution is -2.50. The fraction of sp³-hybridized carbons (Fsp3) is 0.208. The van der Waals surface area contributed by atoms with E-state index < -0.39 is 17.6 Å².